The van der Waals surface area contributed by atoms with E-state index in [2.05, 4.69) is 14.5 Å². The lowest BCUT2D eigenvalue weighted by atomic mass is 10.1. The number of pyridine rings is 1. The fraction of sp³-hybridized carbons (Fsp3) is 0.333. The van der Waals surface area contributed by atoms with Gasteiger partial charge in [0, 0.05) is 6.07 Å². The second-order valence-electron chi connectivity index (χ2n) is 2.81. The molecule has 0 aromatic carbocycles. The van der Waals surface area contributed by atoms with Gasteiger partial charge in [0.2, 0.25) is 5.88 Å². The molecule has 16 heavy (non-hydrogen) atoms. The number of carbonyl (C=O) groups is 1. The van der Waals surface area contributed by atoms with Crippen molar-refractivity contribution >= 4 is 5.97 Å². The van der Waals surface area contributed by atoms with E-state index in [1.165, 1.54) is 7.11 Å². The lowest BCUT2D eigenvalue weighted by Crippen LogP contribution is -2.26. The Morgan fingerprint density at radius 3 is 2.50 bits per heavy atom. The molecular formula is C9H9F2NO4. The van der Waals surface area contributed by atoms with Gasteiger partial charge in [0.1, 0.15) is 5.75 Å². The van der Waals surface area contributed by atoms with Crippen LogP contribution in [-0.4, -0.2) is 30.3 Å². The molecular weight excluding hydrogens is 224 g/mol. The Morgan fingerprint density at radius 2 is 2.06 bits per heavy atom. The molecule has 88 valence electrons. The zero-order valence-corrected chi connectivity index (χ0v) is 8.53. The van der Waals surface area contributed by atoms with Crippen LogP contribution in [0.3, 0.4) is 0 Å². The Bertz CT molecular complexity index is 408. The van der Waals surface area contributed by atoms with E-state index in [9.17, 15) is 13.6 Å². The van der Waals surface area contributed by atoms with E-state index < -0.39 is 17.5 Å². The van der Waals surface area contributed by atoms with Gasteiger partial charge < -0.3 is 14.6 Å². The summed E-state index contributed by atoms with van der Waals surface area (Å²) in [6, 6.07) is 0.826. The summed E-state index contributed by atoms with van der Waals surface area (Å²) in [6.45, 7) is 0. The summed E-state index contributed by atoms with van der Waals surface area (Å²) >= 11 is 0. The van der Waals surface area contributed by atoms with Gasteiger partial charge in [-0.1, -0.05) is 0 Å². The molecule has 0 aliphatic heterocycles. The fourth-order valence-electron chi connectivity index (χ4n) is 1.06. The number of aromatic nitrogens is 1. The summed E-state index contributed by atoms with van der Waals surface area (Å²) in [5.74, 6) is -6.74. The van der Waals surface area contributed by atoms with Crippen LogP contribution < -0.4 is 9.47 Å². The van der Waals surface area contributed by atoms with Crippen molar-refractivity contribution in [2.75, 3.05) is 14.2 Å². The lowest BCUT2D eigenvalue weighted by molar-refractivity contribution is -0.166. The molecule has 0 saturated heterocycles. The van der Waals surface area contributed by atoms with Gasteiger partial charge in [0.25, 0.3) is 0 Å². The molecule has 0 radical (unpaired) electrons. The van der Waals surface area contributed by atoms with Crippen molar-refractivity contribution in [3.8, 4) is 11.6 Å². The van der Waals surface area contributed by atoms with Crippen molar-refractivity contribution in [1.29, 1.82) is 0 Å². The van der Waals surface area contributed by atoms with Gasteiger partial charge in [-0.3, -0.25) is 0 Å². The zero-order chi connectivity index (χ0) is 12.3. The van der Waals surface area contributed by atoms with Crippen molar-refractivity contribution in [1.82, 2.24) is 4.98 Å². The number of aliphatic carboxylic acids is 1. The van der Waals surface area contributed by atoms with Crippen LogP contribution in [0.1, 0.15) is 5.56 Å². The third kappa shape index (κ3) is 2.02. The topological polar surface area (TPSA) is 68.7 Å². The predicted molar refractivity (Wildman–Crippen MR) is 48.9 cm³/mol. The first-order chi connectivity index (χ1) is 7.43. The molecule has 1 aromatic heterocycles. The Morgan fingerprint density at radius 1 is 1.44 bits per heavy atom. The second-order valence-corrected chi connectivity index (χ2v) is 2.81. The van der Waals surface area contributed by atoms with E-state index in [0.717, 1.165) is 19.4 Å². The smallest absolute Gasteiger partial charge is 0.379 e. The molecule has 5 nitrogen and oxygen atoms in total. The maximum absolute atomic E-state index is 13.3. The summed E-state index contributed by atoms with van der Waals surface area (Å²) in [6.07, 6.45) is 0.977. The third-order valence-electron chi connectivity index (χ3n) is 1.88. The van der Waals surface area contributed by atoms with E-state index >= 15 is 0 Å². The molecule has 0 aliphatic carbocycles. The van der Waals surface area contributed by atoms with Gasteiger partial charge in [-0.15, -0.1) is 0 Å². The van der Waals surface area contributed by atoms with Crippen molar-refractivity contribution in [2.24, 2.45) is 0 Å². The second kappa shape index (κ2) is 4.30. The third-order valence-corrected chi connectivity index (χ3v) is 1.88. The minimum atomic E-state index is -4.05. The fourth-order valence-corrected chi connectivity index (χ4v) is 1.06. The number of halogens is 2. The van der Waals surface area contributed by atoms with E-state index in [1.54, 1.807) is 0 Å². The molecule has 1 N–H and O–H groups in total. The van der Waals surface area contributed by atoms with Crippen LogP contribution in [0.4, 0.5) is 8.78 Å². The summed E-state index contributed by atoms with van der Waals surface area (Å²) in [7, 11) is 2.38. The number of rotatable bonds is 4. The number of alkyl halides is 2. The Balaban J connectivity index is 3.34. The van der Waals surface area contributed by atoms with Crippen molar-refractivity contribution in [3.63, 3.8) is 0 Å². The monoisotopic (exact) mass is 233 g/mol. The van der Waals surface area contributed by atoms with Gasteiger partial charge in [-0.05, 0) is 0 Å². The number of carboxylic acids is 1. The van der Waals surface area contributed by atoms with Gasteiger partial charge >= 0.3 is 11.9 Å². The lowest BCUT2D eigenvalue weighted by Gasteiger charge is -2.15. The molecule has 0 aliphatic rings. The quantitative estimate of drug-likeness (QED) is 0.848. The van der Waals surface area contributed by atoms with Crippen molar-refractivity contribution < 1.29 is 28.2 Å². The van der Waals surface area contributed by atoms with Crippen molar-refractivity contribution in [2.45, 2.75) is 5.92 Å². The number of carboxylic acid groups (broad SMARTS) is 1. The van der Waals surface area contributed by atoms with Crippen LogP contribution in [0.5, 0.6) is 11.6 Å². The van der Waals surface area contributed by atoms with Crippen LogP contribution in [-0.2, 0) is 10.7 Å². The molecule has 0 spiro atoms. The van der Waals surface area contributed by atoms with Gasteiger partial charge in [0.05, 0.1) is 26.0 Å². The normalized spacial score (nSPS) is 11.0. The van der Waals surface area contributed by atoms with E-state index in [-0.39, 0.29) is 11.6 Å². The molecule has 7 heteroatoms. The highest BCUT2D eigenvalue weighted by molar-refractivity contribution is 5.78. The zero-order valence-electron chi connectivity index (χ0n) is 8.53. The average Bonchev–Trinajstić information content (AvgIpc) is 2.27. The molecule has 0 bridgehead atoms. The minimum absolute atomic E-state index is 0.114. The van der Waals surface area contributed by atoms with Crippen LogP contribution in [0.2, 0.25) is 0 Å². The highest BCUT2D eigenvalue weighted by Gasteiger charge is 2.44. The molecule has 0 fully saturated rings. The standard InChI is InChI=1S/C9H9F2NO4/c1-15-6-4-12-7(16-2)3-5(6)9(10,11)8(13)14/h3-4H,1-2H3,(H,13,14). The number of methoxy groups -OCH3 is 2. The first-order valence-electron chi connectivity index (χ1n) is 4.13. The highest BCUT2D eigenvalue weighted by atomic mass is 19.3. The van der Waals surface area contributed by atoms with Gasteiger partial charge in [-0.2, -0.15) is 8.78 Å². The van der Waals surface area contributed by atoms with Crippen LogP contribution >= 0.6 is 0 Å². The molecule has 1 rings (SSSR count). The molecule has 1 aromatic rings. The molecule has 0 amide bonds. The Kier molecular flexibility index (Phi) is 3.26. The maximum Gasteiger partial charge on any atom is 0.379 e. The van der Waals surface area contributed by atoms with E-state index in [0.29, 0.717) is 0 Å². The van der Waals surface area contributed by atoms with Gasteiger partial charge in [-0.25, -0.2) is 9.78 Å². The summed E-state index contributed by atoms with van der Waals surface area (Å²) in [5.41, 5.74) is -0.797. The number of hydrogen-bond acceptors (Lipinski definition) is 4. The Labute approximate surface area is 89.6 Å². The predicted octanol–water partition coefficient (Wildman–Crippen LogP) is 1.28. The maximum atomic E-state index is 13.3. The summed E-state index contributed by atoms with van der Waals surface area (Å²) in [5, 5.41) is 8.41. The van der Waals surface area contributed by atoms with E-state index in [1.807, 2.05) is 0 Å². The SMILES string of the molecule is COc1cc(C(F)(F)C(=O)O)c(OC)cn1. The number of hydrogen-bond donors (Lipinski definition) is 1. The average molecular weight is 233 g/mol. The number of ether oxygens (including phenoxy) is 2. The van der Waals surface area contributed by atoms with Gasteiger partial charge in [0.15, 0.2) is 0 Å². The van der Waals surface area contributed by atoms with Crippen LogP contribution in [0.25, 0.3) is 0 Å². The molecule has 0 saturated carbocycles. The largest absolute Gasteiger partial charge is 0.495 e. The first-order valence-corrected chi connectivity index (χ1v) is 4.13. The summed E-state index contributed by atoms with van der Waals surface area (Å²) < 4.78 is 35.8. The van der Waals surface area contributed by atoms with Crippen LogP contribution in [0, 0.1) is 0 Å². The summed E-state index contributed by atoms with van der Waals surface area (Å²) in [4.78, 5) is 14.1. The molecule has 0 atom stereocenters. The van der Waals surface area contributed by atoms with Crippen LogP contribution in [0.15, 0.2) is 12.3 Å². The highest BCUT2D eigenvalue weighted by Crippen LogP contribution is 2.36. The first kappa shape index (κ1) is 12.2. The van der Waals surface area contributed by atoms with Crippen molar-refractivity contribution in [3.05, 3.63) is 17.8 Å². The minimum Gasteiger partial charge on any atom is -0.495 e. The Hall–Kier alpha value is -1.92. The molecule has 0 unspecified atom stereocenters. The number of nitrogens with zero attached hydrogens (tertiary/aromatic N) is 1. The molecule has 1 heterocycles. The van der Waals surface area contributed by atoms with E-state index in [4.69, 9.17) is 5.11 Å².